The number of hydrogen-bond acceptors (Lipinski definition) is 2. The third-order valence-electron chi connectivity index (χ3n) is 2.61. The van der Waals surface area contributed by atoms with Gasteiger partial charge in [0.05, 0.1) is 6.26 Å². The fraction of sp³-hybridized carbons (Fsp3) is 0.273. The van der Waals surface area contributed by atoms with E-state index in [2.05, 4.69) is 24.3 Å². The molecule has 1 heterocycles. The Balaban J connectivity index is 2.12. The Morgan fingerprint density at radius 3 is 3.15 bits per heavy atom. The molecule has 3 rings (SSSR count). The van der Waals surface area contributed by atoms with Gasteiger partial charge in [0.15, 0.2) is 6.79 Å². The molecule has 0 aromatic heterocycles. The largest absolute Gasteiger partial charge is 0.475 e. The molecule has 1 aliphatic carbocycles. The molecule has 0 radical (unpaired) electrons. The summed E-state index contributed by atoms with van der Waals surface area (Å²) in [7, 11) is 0. The minimum atomic E-state index is 0.157. The first-order valence-corrected chi connectivity index (χ1v) is 4.45. The predicted molar refractivity (Wildman–Crippen MR) is 48.0 cm³/mol. The minimum absolute atomic E-state index is 0.157. The Hall–Kier alpha value is -1.28. The van der Waals surface area contributed by atoms with Gasteiger partial charge in [-0.2, -0.15) is 0 Å². The Kier molecular flexibility index (Phi) is 1.43. The Bertz CT molecular complexity index is 368. The fourth-order valence-electron chi connectivity index (χ4n) is 2.01. The van der Waals surface area contributed by atoms with Gasteiger partial charge < -0.3 is 9.47 Å². The van der Waals surface area contributed by atoms with Gasteiger partial charge in [-0.15, -0.1) is 0 Å². The molecule has 0 N–H and O–H groups in total. The summed E-state index contributed by atoms with van der Waals surface area (Å²) >= 11 is 0. The highest BCUT2D eigenvalue weighted by Gasteiger charge is 2.29. The molecule has 66 valence electrons. The Morgan fingerprint density at radius 1 is 1.23 bits per heavy atom. The third-order valence-corrected chi connectivity index (χ3v) is 2.61. The smallest absolute Gasteiger partial charge is 0.189 e. The van der Waals surface area contributed by atoms with Gasteiger partial charge in [-0.25, -0.2) is 0 Å². The summed E-state index contributed by atoms with van der Waals surface area (Å²) in [6, 6.07) is 8.40. The summed E-state index contributed by atoms with van der Waals surface area (Å²) in [5.74, 6) is 0. The van der Waals surface area contributed by atoms with Gasteiger partial charge in [-0.05, 0) is 17.5 Å². The van der Waals surface area contributed by atoms with Crippen molar-refractivity contribution in [3.05, 3.63) is 47.2 Å². The molecule has 2 nitrogen and oxygen atoms in total. The van der Waals surface area contributed by atoms with Gasteiger partial charge in [0.2, 0.25) is 0 Å². The number of fused-ring (bicyclic) bond motifs is 3. The van der Waals surface area contributed by atoms with E-state index in [0.29, 0.717) is 6.79 Å². The van der Waals surface area contributed by atoms with Crippen LogP contribution in [0.4, 0.5) is 0 Å². The van der Waals surface area contributed by atoms with Gasteiger partial charge in [0.1, 0.15) is 6.10 Å². The van der Waals surface area contributed by atoms with E-state index in [-0.39, 0.29) is 6.10 Å². The molecule has 13 heavy (non-hydrogen) atoms. The van der Waals surface area contributed by atoms with E-state index in [9.17, 15) is 0 Å². The lowest BCUT2D eigenvalue weighted by Crippen LogP contribution is -2.10. The summed E-state index contributed by atoms with van der Waals surface area (Å²) < 4.78 is 10.7. The zero-order chi connectivity index (χ0) is 8.67. The van der Waals surface area contributed by atoms with E-state index in [1.54, 1.807) is 0 Å². The molecule has 2 heteroatoms. The fourth-order valence-corrected chi connectivity index (χ4v) is 2.01. The molecule has 1 atom stereocenters. The lowest BCUT2D eigenvalue weighted by molar-refractivity contribution is -0.0637. The maximum Gasteiger partial charge on any atom is 0.189 e. The number of ether oxygens (including phenoxy) is 2. The summed E-state index contributed by atoms with van der Waals surface area (Å²) in [4.78, 5) is 0. The molecule has 0 saturated carbocycles. The Morgan fingerprint density at radius 2 is 2.15 bits per heavy atom. The number of rotatable bonds is 0. The van der Waals surface area contributed by atoms with E-state index in [4.69, 9.17) is 9.47 Å². The second-order valence-corrected chi connectivity index (χ2v) is 3.40. The summed E-state index contributed by atoms with van der Waals surface area (Å²) in [5.41, 5.74) is 3.91. The molecule has 0 amide bonds. The maximum atomic E-state index is 5.54. The van der Waals surface area contributed by atoms with Gasteiger partial charge in [0, 0.05) is 5.57 Å². The van der Waals surface area contributed by atoms with Crippen molar-refractivity contribution in [3.8, 4) is 0 Å². The van der Waals surface area contributed by atoms with Crippen molar-refractivity contribution in [1.29, 1.82) is 0 Å². The number of benzene rings is 1. The van der Waals surface area contributed by atoms with Gasteiger partial charge in [0.25, 0.3) is 0 Å². The molecule has 0 fully saturated rings. The van der Waals surface area contributed by atoms with Crippen molar-refractivity contribution >= 4 is 0 Å². The molecular weight excluding hydrogens is 164 g/mol. The summed E-state index contributed by atoms with van der Waals surface area (Å²) in [6.07, 6.45) is 2.97. The second-order valence-electron chi connectivity index (χ2n) is 3.40. The van der Waals surface area contributed by atoms with Crippen LogP contribution in [0.15, 0.2) is 36.1 Å². The molecule has 2 aliphatic rings. The van der Waals surface area contributed by atoms with Crippen LogP contribution in [0.1, 0.15) is 17.2 Å². The Labute approximate surface area is 76.8 Å². The van der Waals surface area contributed by atoms with Crippen molar-refractivity contribution < 1.29 is 9.47 Å². The van der Waals surface area contributed by atoms with E-state index < -0.39 is 0 Å². The molecule has 1 aliphatic heterocycles. The van der Waals surface area contributed by atoms with Crippen LogP contribution >= 0.6 is 0 Å². The van der Waals surface area contributed by atoms with Gasteiger partial charge in [-0.3, -0.25) is 0 Å². The molecule has 1 aromatic carbocycles. The van der Waals surface area contributed by atoms with Crippen LogP contribution in [0, 0.1) is 0 Å². The van der Waals surface area contributed by atoms with E-state index in [0.717, 1.165) is 6.42 Å². The highest BCUT2D eigenvalue weighted by molar-refractivity contribution is 5.43. The van der Waals surface area contributed by atoms with Crippen LogP contribution < -0.4 is 0 Å². The predicted octanol–water partition coefficient (Wildman–Crippen LogP) is 2.17. The molecule has 1 unspecified atom stereocenters. The summed E-state index contributed by atoms with van der Waals surface area (Å²) in [5, 5.41) is 0. The van der Waals surface area contributed by atoms with Crippen molar-refractivity contribution in [2.75, 3.05) is 6.79 Å². The summed E-state index contributed by atoms with van der Waals surface area (Å²) in [6.45, 7) is 0.377. The zero-order valence-corrected chi connectivity index (χ0v) is 7.19. The van der Waals surface area contributed by atoms with Crippen molar-refractivity contribution in [3.63, 3.8) is 0 Å². The van der Waals surface area contributed by atoms with Crippen LogP contribution in [-0.4, -0.2) is 6.79 Å². The average Bonchev–Trinajstić information content (AvgIpc) is 2.56. The minimum Gasteiger partial charge on any atom is -0.475 e. The zero-order valence-electron chi connectivity index (χ0n) is 7.19. The lowest BCUT2D eigenvalue weighted by atomic mass is 10.1. The van der Waals surface area contributed by atoms with Crippen LogP contribution in [-0.2, 0) is 15.9 Å². The second kappa shape index (κ2) is 2.60. The van der Waals surface area contributed by atoms with Gasteiger partial charge >= 0.3 is 0 Å². The first kappa shape index (κ1) is 7.15. The highest BCUT2D eigenvalue weighted by atomic mass is 16.7. The SMILES string of the molecule is C1=C2Cc3ccccc3C2OCO1. The van der Waals surface area contributed by atoms with E-state index in [1.807, 2.05) is 6.26 Å². The average molecular weight is 174 g/mol. The van der Waals surface area contributed by atoms with Crippen molar-refractivity contribution in [2.24, 2.45) is 0 Å². The van der Waals surface area contributed by atoms with Crippen LogP contribution in [0.2, 0.25) is 0 Å². The molecule has 1 aromatic rings. The van der Waals surface area contributed by atoms with Crippen molar-refractivity contribution in [2.45, 2.75) is 12.5 Å². The van der Waals surface area contributed by atoms with E-state index in [1.165, 1.54) is 16.7 Å². The molecule has 0 saturated heterocycles. The first-order chi connectivity index (χ1) is 6.45. The standard InChI is InChI=1S/C11H10O2/c1-2-4-10-8(3-1)5-9-6-12-7-13-11(9)10/h1-4,6,11H,5,7H2. The first-order valence-electron chi connectivity index (χ1n) is 4.45. The molecule has 0 bridgehead atoms. The number of hydrogen-bond donors (Lipinski definition) is 0. The normalized spacial score (nSPS) is 24.3. The third kappa shape index (κ3) is 0.988. The lowest BCUT2D eigenvalue weighted by Gasteiger charge is -2.19. The maximum absolute atomic E-state index is 5.54. The van der Waals surface area contributed by atoms with Gasteiger partial charge in [-0.1, -0.05) is 24.3 Å². The van der Waals surface area contributed by atoms with Crippen LogP contribution in [0.3, 0.4) is 0 Å². The topological polar surface area (TPSA) is 18.5 Å². The molecular formula is C11H10O2. The van der Waals surface area contributed by atoms with Crippen LogP contribution in [0.5, 0.6) is 0 Å². The quantitative estimate of drug-likeness (QED) is 0.600. The molecule has 0 spiro atoms. The van der Waals surface area contributed by atoms with E-state index >= 15 is 0 Å². The monoisotopic (exact) mass is 174 g/mol. The van der Waals surface area contributed by atoms with Crippen LogP contribution in [0.25, 0.3) is 0 Å². The highest BCUT2D eigenvalue weighted by Crippen LogP contribution is 2.39. The van der Waals surface area contributed by atoms with Crippen molar-refractivity contribution in [1.82, 2.24) is 0 Å².